The number of hydrogen-bond acceptors (Lipinski definition) is 6. The number of pyridine rings is 1. The minimum Gasteiger partial charge on any atom is -0.374 e. The first-order valence-electron chi connectivity index (χ1n) is 5.24. The summed E-state index contributed by atoms with van der Waals surface area (Å²) < 4.78 is 53.9. The zero-order chi connectivity index (χ0) is 14.3. The van der Waals surface area contributed by atoms with E-state index in [0.717, 1.165) is 0 Å². The van der Waals surface area contributed by atoms with E-state index >= 15 is 0 Å². The molecule has 0 amide bonds. The zero-order valence-electron chi connectivity index (χ0n) is 9.84. The summed E-state index contributed by atoms with van der Waals surface area (Å²) in [6.45, 7) is -1.04. The van der Waals surface area contributed by atoms with E-state index in [9.17, 15) is 17.2 Å². The van der Waals surface area contributed by atoms with Crippen LogP contribution in [0.25, 0.3) is 0 Å². The first kappa shape index (κ1) is 15.7. The lowest BCUT2D eigenvalue weighted by molar-refractivity contribution is 0.0199. The van der Waals surface area contributed by atoms with Crippen molar-refractivity contribution in [2.75, 3.05) is 25.2 Å². The second-order valence-corrected chi connectivity index (χ2v) is 5.05. The van der Waals surface area contributed by atoms with Crippen LogP contribution >= 0.6 is 0 Å². The zero-order valence-corrected chi connectivity index (χ0v) is 10.7. The largest absolute Gasteiger partial charge is 0.374 e. The Bertz CT molecular complexity index is 498. The van der Waals surface area contributed by atoms with Gasteiger partial charge in [0.25, 0.3) is 16.4 Å². The van der Waals surface area contributed by atoms with E-state index in [1.54, 1.807) is 0 Å². The number of halogens is 2. The number of hydrazine groups is 1. The van der Waals surface area contributed by atoms with E-state index in [4.69, 9.17) is 5.84 Å². The van der Waals surface area contributed by atoms with Crippen LogP contribution in [0.15, 0.2) is 23.4 Å². The van der Waals surface area contributed by atoms with Gasteiger partial charge in [0.05, 0.1) is 12.3 Å². The van der Waals surface area contributed by atoms with Crippen LogP contribution in [0.4, 0.5) is 14.5 Å². The van der Waals surface area contributed by atoms with E-state index in [0.29, 0.717) is 0 Å². The highest BCUT2D eigenvalue weighted by atomic mass is 32.2. The van der Waals surface area contributed by atoms with Gasteiger partial charge in [-0.3, -0.25) is 5.84 Å². The van der Waals surface area contributed by atoms with Gasteiger partial charge in [0.2, 0.25) is 0 Å². The number of sulfonamides is 1. The standard InChI is InChI=1S/C9H14F2N4O3S/c10-8(11)6-18-5-4-14-19(16,17)9-7(15-12)2-1-3-13-9/h1-3,8,14-15H,4-6,12H2. The van der Waals surface area contributed by atoms with Gasteiger partial charge in [-0.2, -0.15) is 0 Å². The van der Waals surface area contributed by atoms with E-state index in [-0.39, 0.29) is 23.9 Å². The fourth-order valence-electron chi connectivity index (χ4n) is 1.20. The Morgan fingerprint density at radius 3 is 2.84 bits per heavy atom. The van der Waals surface area contributed by atoms with Gasteiger partial charge in [0, 0.05) is 12.7 Å². The van der Waals surface area contributed by atoms with Gasteiger partial charge in [-0.1, -0.05) is 0 Å². The lowest BCUT2D eigenvalue weighted by Crippen LogP contribution is -2.29. The van der Waals surface area contributed by atoms with Crippen molar-refractivity contribution in [2.45, 2.75) is 11.5 Å². The Hall–Kier alpha value is -1.36. The van der Waals surface area contributed by atoms with Crippen molar-refractivity contribution < 1.29 is 21.9 Å². The maximum absolute atomic E-state index is 11.8. The predicted molar refractivity (Wildman–Crippen MR) is 64.1 cm³/mol. The second kappa shape index (κ2) is 7.28. The number of nitrogens with two attached hydrogens (primary N) is 1. The molecule has 1 heterocycles. The molecule has 0 bridgehead atoms. The van der Waals surface area contributed by atoms with Crippen molar-refractivity contribution in [3.05, 3.63) is 18.3 Å². The van der Waals surface area contributed by atoms with E-state index in [1.807, 2.05) is 0 Å². The molecular weight excluding hydrogens is 282 g/mol. The van der Waals surface area contributed by atoms with Crippen LogP contribution in [0.5, 0.6) is 0 Å². The Morgan fingerprint density at radius 1 is 1.47 bits per heavy atom. The SMILES string of the molecule is NNc1cccnc1S(=O)(=O)NCCOCC(F)F. The molecule has 0 aromatic carbocycles. The highest BCUT2D eigenvalue weighted by Gasteiger charge is 2.19. The first-order valence-corrected chi connectivity index (χ1v) is 6.73. The second-order valence-electron chi connectivity index (χ2n) is 3.36. The summed E-state index contributed by atoms with van der Waals surface area (Å²) in [4.78, 5) is 3.69. The highest BCUT2D eigenvalue weighted by molar-refractivity contribution is 7.89. The van der Waals surface area contributed by atoms with E-state index in [2.05, 4.69) is 19.9 Å². The lowest BCUT2D eigenvalue weighted by Gasteiger charge is -2.09. The molecule has 0 saturated heterocycles. The smallest absolute Gasteiger partial charge is 0.261 e. The fourth-order valence-corrected chi connectivity index (χ4v) is 2.31. The number of nitrogen functional groups attached to an aromatic ring is 1. The number of alkyl halides is 2. The molecule has 0 radical (unpaired) electrons. The van der Waals surface area contributed by atoms with E-state index < -0.39 is 23.1 Å². The molecule has 0 unspecified atom stereocenters. The van der Waals surface area contributed by atoms with Crippen LogP contribution in [0.3, 0.4) is 0 Å². The van der Waals surface area contributed by atoms with Crippen LogP contribution in [-0.4, -0.2) is 39.6 Å². The third-order valence-corrected chi connectivity index (χ3v) is 3.38. The summed E-state index contributed by atoms with van der Waals surface area (Å²) in [6.07, 6.45) is -1.29. The van der Waals surface area contributed by atoms with E-state index in [1.165, 1.54) is 18.3 Å². The topological polar surface area (TPSA) is 106 Å². The van der Waals surface area contributed by atoms with Crippen molar-refractivity contribution in [3.63, 3.8) is 0 Å². The minimum absolute atomic E-state index is 0.128. The van der Waals surface area contributed by atoms with Crippen molar-refractivity contribution in [2.24, 2.45) is 5.84 Å². The van der Waals surface area contributed by atoms with Gasteiger partial charge >= 0.3 is 0 Å². The Kier molecular flexibility index (Phi) is 6.02. The maximum Gasteiger partial charge on any atom is 0.261 e. The monoisotopic (exact) mass is 296 g/mol. The molecule has 10 heteroatoms. The molecule has 0 fully saturated rings. The molecule has 4 N–H and O–H groups in total. The fraction of sp³-hybridized carbons (Fsp3) is 0.444. The number of nitrogens with zero attached hydrogens (tertiary/aromatic N) is 1. The molecule has 1 aromatic rings. The molecule has 1 rings (SSSR count). The predicted octanol–water partition coefficient (Wildman–Crippen LogP) is -0.0728. The molecule has 0 aliphatic rings. The molecule has 19 heavy (non-hydrogen) atoms. The van der Waals surface area contributed by atoms with Crippen molar-refractivity contribution >= 4 is 15.7 Å². The van der Waals surface area contributed by atoms with Gasteiger partial charge in [0.1, 0.15) is 6.61 Å². The third-order valence-electron chi connectivity index (χ3n) is 1.96. The van der Waals surface area contributed by atoms with Gasteiger partial charge in [-0.25, -0.2) is 26.9 Å². The average Bonchev–Trinajstić information content (AvgIpc) is 2.37. The van der Waals surface area contributed by atoms with Gasteiger partial charge in [-0.05, 0) is 12.1 Å². The minimum atomic E-state index is -3.87. The summed E-state index contributed by atoms with van der Waals surface area (Å²) in [7, 11) is -3.87. The van der Waals surface area contributed by atoms with Crippen molar-refractivity contribution in [1.29, 1.82) is 0 Å². The third kappa shape index (κ3) is 5.03. The molecule has 0 atom stereocenters. The molecule has 1 aromatic heterocycles. The molecule has 0 aliphatic carbocycles. The Balaban J connectivity index is 2.56. The summed E-state index contributed by atoms with van der Waals surface area (Å²) >= 11 is 0. The summed E-state index contributed by atoms with van der Waals surface area (Å²) in [5.74, 6) is 5.17. The summed E-state index contributed by atoms with van der Waals surface area (Å²) in [5, 5.41) is -0.272. The van der Waals surface area contributed by atoms with Crippen molar-refractivity contribution in [3.8, 4) is 0 Å². The molecule has 0 spiro atoms. The van der Waals surface area contributed by atoms with Crippen LogP contribution in [0, 0.1) is 0 Å². The normalized spacial score (nSPS) is 11.8. The maximum atomic E-state index is 11.8. The number of hydrogen-bond donors (Lipinski definition) is 3. The number of nitrogens with one attached hydrogen (secondary N) is 2. The van der Waals surface area contributed by atoms with Crippen molar-refractivity contribution in [1.82, 2.24) is 9.71 Å². The number of aromatic nitrogens is 1. The quantitative estimate of drug-likeness (QED) is 0.352. The summed E-state index contributed by atoms with van der Waals surface area (Å²) in [6, 6.07) is 2.95. The molecule has 7 nitrogen and oxygen atoms in total. The first-order chi connectivity index (χ1) is 8.97. The van der Waals surface area contributed by atoms with Crippen LogP contribution in [0.2, 0.25) is 0 Å². The number of ether oxygens (including phenoxy) is 1. The van der Waals surface area contributed by atoms with Gasteiger partial charge in [-0.15, -0.1) is 0 Å². The molecule has 108 valence electrons. The molecule has 0 aliphatic heterocycles. The van der Waals surface area contributed by atoms with Crippen LogP contribution in [0.1, 0.15) is 0 Å². The van der Waals surface area contributed by atoms with Gasteiger partial charge in [0.15, 0.2) is 5.03 Å². The highest BCUT2D eigenvalue weighted by Crippen LogP contribution is 2.15. The number of rotatable bonds is 8. The van der Waals surface area contributed by atoms with Crippen LogP contribution in [-0.2, 0) is 14.8 Å². The Labute approximate surface area is 109 Å². The average molecular weight is 296 g/mol. The molecular formula is C9H14F2N4O3S. The Morgan fingerprint density at radius 2 is 2.21 bits per heavy atom. The van der Waals surface area contributed by atoms with Crippen LogP contribution < -0.4 is 16.0 Å². The molecule has 0 saturated carbocycles. The van der Waals surface area contributed by atoms with Gasteiger partial charge < -0.3 is 10.2 Å². The lowest BCUT2D eigenvalue weighted by atomic mass is 10.4. The summed E-state index contributed by atoms with van der Waals surface area (Å²) in [5.41, 5.74) is 2.33. The number of anilines is 1.